The second-order valence-corrected chi connectivity index (χ2v) is 15.5. The summed E-state index contributed by atoms with van der Waals surface area (Å²) in [5.74, 6) is 1.39. The fourth-order valence-electron chi connectivity index (χ4n) is 9.13. The highest BCUT2D eigenvalue weighted by Gasteiger charge is 2.28. The molecule has 0 fully saturated rings. The maximum atomic E-state index is 9.61. The van der Waals surface area contributed by atoms with Gasteiger partial charge in [0.05, 0.1) is 19.6 Å². The van der Waals surface area contributed by atoms with E-state index in [-0.39, 0.29) is 58.0 Å². The number of furan rings is 1. The zero-order chi connectivity index (χ0) is 45.5. The monoisotopic (exact) mass is 784 g/mol. The third-order valence-corrected chi connectivity index (χ3v) is 12.0. The lowest BCUT2D eigenvalue weighted by Crippen LogP contribution is -2.16. The number of rotatable bonds is 6. The molecule has 3 nitrogen and oxygen atoms in total. The van der Waals surface area contributed by atoms with E-state index < -0.39 is 12.1 Å². The second kappa shape index (κ2) is 14.4. The zero-order valence-electron chi connectivity index (χ0n) is 38.8. The number of aliphatic imine (C=N–C) groups is 1. The maximum Gasteiger partial charge on any atom is 0.143 e. The third-order valence-electron chi connectivity index (χ3n) is 12.0. The minimum atomic E-state index is -0.421. The Balaban J connectivity index is 1.07. The van der Waals surface area contributed by atoms with E-state index in [4.69, 9.17) is 17.1 Å². The number of nitrogens with zero attached hydrogens (tertiary/aromatic N) is 2. The molecule has 0 amide bonds. The lowest BCUT2D eigenvalue weighted by molar-refractivity contribution is 0.595. The van der Waals surface area contributed by atoms with Gasteiger partial charge in [0.15, 0.2) is 0 Å². The fraction of sp³-hybridized carbons (Fsp3) is 0.0345. The largest absolute Gasteiger partial charge is 0.455 e. The smallest absolute Gasteiger partial charge is 0.143 e. The molecule has 286 valence electrons. The molecule has 10 aromatic rings. The van der Waals surface area contributed by atoms with Crippen LogP contribution in [-0.4, -0.2) is 11.2 Å². The predicted molar refractivity (Wildman–Crippen MR) is 255 cm³/mol. The van der Waals surface area contributed by atoms with Crippen LogP contribution in [0.2, 0.25) is 0 Å². The first-order chi connectivity index (χ1) is 32.8. The summed E-state index contributed by atoms with van der Waals surface area (Å²) in [4.78, 5) is 9.76. The van der Waals surface area contributed by atoms with Gasteiger partial charge in [-0.15, -0.1) is 0 Å². The topological polar surface area (TPSA) is 38.4 Å². The van der Waals surface area contributed by atoms with Crippen LogP contribution < -0.4 is 0 Å². The number of hydrogen-bond donors (Lipinski definition) is 0. The van der Waals surface area contributed by atoms with Crippen molar-refractivity contribution in [3.05, 3.63) is 217 Å². The van der Waals surface area contributed by atoms with Gasteiger partial charge in [-0.1, -0.05) is 194 Å². The highest BCUT2D eigenvalue weighted by atomic mass is 16.3. The molecule has 0 saturated heterocycles. The first-order valence-corrected chi connectivity index (χ1v) is 20.5. The average Bonchev–Trinajstić information content (AvgIpc) is 3.78. The molecule has 1 aliphatic carbocycles. The second-order valence-electron chi connectivity index (χ2n) is 15.5. The van der Waals surface area contributed by atoms with Gasteiger partial charge in [-0.05, 0) is 78.3 Å². The minimum absolute atomic E-state index is 0.0156. The van der Waals surface area contributed by atoms with Gasteiger partial charge in [0, 0.05) is 39.9 Å². The van der Waals surface area contributed by atoms with Crippen molar-refractivity contribution in [2.75, 3.05) is 0 Å². The number of fused-ring (bicyclic) bond motifs is 7. The third kappa shape index (κ3) is 5.89. The lowest BCUT2D eigenvalue weighted by Gasteiger charge is -2.26. The molecular formula is C58H38N2O. The molecule has 0 spiro atoms. The molecule has 3 heterocycles. The van der Waals surface area contributed by atoms with Crippen molar-refractivity contribution in [2.24, 2.45) is 10.9 Å². The predicted octanol–water partition coefficient (Wildman–Crippen LogP) is 15.5. The van der Waals surface area contributed by atoms with Crippen LogP contribution >= 0.6 is 0 Å². The van der Waals surface area contributed by atoms with Crippen LogP contribution in [0.4, 0.5) is 0 Å². The average molecular weight is 785 g/mol. The highest BCUT2D eigenvalue weighted by Crippen LogP contribution is 2.51. The van der Waals surface area contributed by atoms with E-state index in [1.54, 1.807) is 12.3 Å². The summed E-state index contributed by atoms with van der Waals surface area (Å²) in [6.45, 7) is 0. The molecule has 12 rings (SSSR count). The Kier molecular flexibility index (Phi) is 6.95. The number of pyridine rings is 1. The van der Waals surface area contributed by atoms with Gasteiger partial charge in [0.2, 0.25) is 0 Å². The SMILES string of the molecule is [2H]c1c([2H])c([2H])c2c(-c3ccc4c(n3)C3N=CC=CC3C=C4)c([2H])c([2H])c(-c3ccc(-c4oc(-c5cc6ccccc6c6ccccc56)c(-c5ccccc5)c4-c4ccccc4)cc3)c2c1[2H]. The first-order valence-electron chi connectivity index (χ1n) is 23.5. The van der Waals surface area contributed by atoms with Crippen molar-refractivity contribution in [3.63, 3.8) is 0 Å². The molecule has 61 heavy (non-hydrogen) atoms. The van der Waals surface area contributed by atoms with E-state index >= 15 is 0 Å². The Bertz CT molecular complexity index is 3760. The number of hydrogen-bond acceptors (Lipinski definition) is 3. The number of allylic oxidation sites excluding steroid dienone is 1. The summed E-state index contributed by atoms with van der Waals surface area (Å²) in [6.07, 6.45) is 9.83. The Hall–Kier alpha value is -7.88. The van der Waals surface area contributed by atoms with E-state index in [9.17, 15) is 5.48 Å². The van der Waals surface area contributed by atoms with Gasteiger partial charge >= 0.3 is 0 Å². The quantitative estimate of drug-likeness (QED) is 0.158. The molecule has 0 radical (unpaired) electrons. The van der Waals surface area contributed by atoms with Gasteiger partial charge in [0.25, 0.3) is 0 Å². The molecule has 0 N–H and O–H groups in total. The van der Waals surface area contributed by atoms with Crippen molar-refractivity contribution < 1.29 is 12.6 Å². The van der Waals surface area contributed by atoms with E-state index in [1.807, 2.05) is 78.9 Å². The van der Waals surface area contributed by atoms with Crippen molar-refractivity contribution in [2.45, 2.75) is 6.04 Å². The number of aromatic nitrogens is 1. The van der Waals surface area contributed by atoms with Crippen LogP contribution in [0.25, 0.3) is 106 Å². The van der Waals surface area contributed by atoms with Crippen LogP contribution in [0, 0.1) is 5.92 Å². The Morgan fingerprint density at radius 1 is 0.492 bits per heavy atom. The molecule has 2 aliphatic rings. The summed E-state index contributed by atoms with van der Waals surface area (Å²) >= 11 is 0. The number of benzene rings is 8. The van der Waals surface area contributed by atoms with Gasteiger partial charge in [-0.2, -0.15) is 0 Å². The van der Waals surface area contributed by atoms with Crippen LogP contribution in [0.3, 0.4) is 0 Å². The van der Waals surface area contributed by atoms with E-state index in [2.05, 4.69) is 91.0 Å². The molecule has 0 bridgehead atoms. The summed E-state index contributed by atoms with van der Waals surface area (Å²) < 4.78 is 62.6. The molecule has 8 aromatic carbocycles. The van der Waals surface area contributed by atoms with E-state index in [1.165, 1.54) is 0 Å². The van der Waals surface area contributed by atoms with Crippen LogP contribution in [0.5, 0.6) is 0 Å². The molecule has 2 atom stereocenters. The highest BCUT2D eigenvalue weighted by molar-refractivity contribution is 6.15. The summed E-state index contributed by atoms with van der Waals surface area (Å²) in [6, 6.07) is 48.8. The first kappa shape index (κ1) is 29.3. The van der Waals surface area contributed by atoms with Crippen molar-refractivity contribution in [1.29, 1.82) is 0 Å². The van der Waals surface area contributed by atoms with Gasteiger partial charge in [-0.25, -0.2) is 4.98 Å². The van der Waals surface area contributed by atoms with Crippen molar-refractivity contribution >= 4 is 44.6 Å². The van der Waals surface area contributed by atoms with E-state index in [0.29, 0.717) is 22.7 Å². The molecule has 2 unspecified atom stereocenters. The Morgan fingerprint density at radius 3 is 1.90 bits per heavy atom. The van der Waals surface area contributed by atoms with Crippen LogP contribution in [0.15, 0.2) is 216 Å². The van der Waals surface area contributed by atoms with Crippen molar-refractivity contribution in [1.82, 2.24) is 4.98 Å². The number of dihydropyridines is 1. The Morgan fingerprint density at radius 2 is 1.13 bits per heavy atom. The minimum Gasteiger partial charge on any atom is -0.455 e. The van der Waals surface area contributed by atoms with Crippen molar-refractivity contribution in [3.8, 4) is 67.3 Å². The molecular weight excluding hydrogens is 741 g/mol. The molecule has 0 saturated carbocycles. The van der Waals surface area contributed by atoms with Gasteiger partial charge in [0.1, 0.15) is 17.6 Å². The standard InChI is InChI=1S/C58H38N2O/c1-3-14-38(15-4-1)53-54(39-16-5-2-6-17-39)58(51-36-43-18-7-8-20-44(43)46-21-10-12-24-49(46)51)61-57(53)42-29-25-37(26-30-42)45-32-33-50(48-23-11-9-22-47(45)48)52-34-31-41-28-27-40-19-13-35-59-55(40)56(41)60-52/h1-36,40,55H/i9D,11D,22D,23D,32D,33D. The molecule has 2 aromatic heterocycles. The van der Waals surface area contributed by atoms with Gasteiger partial charge < -0.3 is 4.42 Å². The van der Waals surface area contributed by atoms with Crippen LogP contribution in [0.1, 0.15) is 25.5 Å². The zero-order valence-corrected chi connectivity index (χ0v) is 32.8. The van der Waals surface area contributed by atoms with Gasteiger partial charge in [-0.3, -0.25) is 4.99 Å². The molecule has 1 aliphatic heterocycles. The Labute approximate surface area is 362 Å². The normalized spacial score (nSPS) is 16.7. The van der Waals surface area contributed by atoms with E-state index in [0.717, 1.165) is 66.2 Å². The summed E-state index contributed by atoms with van der Waals surface area (Å²) in [5.41, 5.74) is 8.46. The lowest BCUT2D eigenvalue weighted by atomic mass is 9.86. The summed E-state index contributed by atoms with van der Waals surface area (Å²) in [7, 11) is 0. The van der Waals surface area contributed by atoms with Crippen LogP contribution in [-0.2, 0) is 0 Å². The fourth-order valence-corrected chi connectivity index (χ4v) is 9.13. The molecule has 3 heteroatoms. The summed E-state index contributed by atoms with van der Waals surface area (Å²) in [5, 5.41) is 4.74. The maximum absolute atomic E-state index is 9.61.